The molecule has 1 aromatic carbocycles. The Kier molecular flexibility index (Phi) is 3.89. The van der Waals surface area contributed by atoms with Crippen LogP contribution in [0.1, 0.15) is 23.0 Å². The van der Waals surface area contributed by atoms with Crippen LogP contribution in [0.3, 0.4) is 0 Å². The zero-order chi connectivity index (χ0) is 13.1. The van der Waals surface area contributed by atoms with Crippen LogP contribution in [-0.4, -0.2) is 9.97 Å². The first-order valence-electron chi connectivity index (χ1n) is 5.54. The van der Waals surface area contributed by atoms with Gasteiger partial charge in [0.15, 0.2) is 0 Å². The Balaban J connectivity index is 2.13. The average Bonchev–Trinajstić information content (AvgIpc) is 2.34. The fraction of sp³-hybridized carbons (Fsp3) is 0.231. The molecule has 2 aromatic rings. The maximum atomic E-state index is 13.3. The van der Waals surface area contributed by atoms with E-state index in [1.54, 1.807) is 18.5 Å². The van der Waals surface area contributed by atoms with Crippen LogP contribution >= 0.6 is 11.6 Å². The lowest BCUT2D eigenvalue weighted by atomic mass is 10.0. The smallest absolute Gasteiger partial charge is 0.142 e. The molecule has 0 spiro atoms. The van der Waals surface area contributed by atoms with Crippen molar-refractivity contribution in [3.8, 4) is 0 Å². The van der Waals surface area contributed by atoms with E-state index in [4.69, 9.17) is 17.3 Å². The SMILES string of the molecule is Cc1cnc(C(N)Cc2ccc(Cl)c(F)c2)cn1. The highest BCUT2D eigenvalue weighted by atomic mass is 35.5. The molecule has 0 bridgehead atoms. The molecular weight excluding hydrogens is 253 g/mol. The molecule has 0 amide bonds. The van der Waals surface area contributed by atoms with E-state index in [2.05, 4.69) is 9.97 Å². The Hall–Kier alpha value is -1.52. The molecule has 2 N–H and O–H groups in total. The number of nitrogens with zero attached hydrogens (tertiary/aromatic N) is 2. The number of nitrogens with two attached hydrogens (primary N) is 1. The second-order valence-corrected chi connectivity index (χ2v) is 4.55. The fourth-order valence-electron chi connectivity index (χ4n) is 1.62. The van der Waals surface area contributed by atoms with Gasteiger partial charge in [-0.1, -0.05) is 17.7 Å². The summed E-state index contributed by atoms with van der Waals surface area (Å²) in [4.78, 5) is 8.34. The van der Waals surface area contributed by atoms with Crippen molar-refractivity contribution in [2.24, 2.45) is 5.73 Å². The van der Waals surface area contributed by atoms with Gasteiger partial charge in [0.25, 0.3) is 0 Å². The summed E-state index contributed by atoms with van der Waals surface area (Å²) in [6, 6.07) is 4.37. The second kappa shape index (κ2) is 5.42. The topological polar surface area (TPSA) is 51.8 Å². The van der Waals surface area contributed by atoms with Crippen LogP contribution in [0.4, 0.5) is 4.39 Å². The molecule has 94 valence electrons. The molecule has 1 aromatic heterocycles. The van der Waals surface area contributed by atoms with Crippen LogP contribution < -0.4 is 5.73 Å². The van der Waals surface area contributed by atoms with Crippen molar-refractivity contribution in [1.29, 1.82) is 0 Å². The quantitative estimate of drug-likeness (QED) is 0.928. The molecule has 3 nitrogen and oxygen atoms in total. The van der Waals surface area contributed by atoms with Crippen molar-refractivity contribution >= 4 is 11.6 Å². The van der Waals surface area contributed by atoms with Gasteiger partial charge in [-0.25, -0.2) is 4.39 Å². The van der Waals surface area contributed by atoms with Crippen molar-refractivity contribution in [3.63, 3.8) is 0 Å². The molecule has 1 heterocycles. The van der Waals surface area contributed by atoms with Crippen molar-refractivity contribution in [2.45, 2.75) is 19.4 Å². The molecule has 1 unspecified atom stereocenters. The van der Waals surface area contributed by atoms with Gasteiger partial charge in [0, 0.05) is 6.20 Å². The first-order chi connectivity index (χ1) is 8.56. The number of halogens is 2. The number of aromatic nitrogens is 2. The summed E-state index contributed by atoms with van der Waals surface area (Å²) in [5.74, 6) is -0.434. The summed E-state index contributed by atoms with van der Waals surface area (Å²) < 4.78 is 13.3. The van der Waals surface area contributed by atoms with Crippen molar-refractivity contribution in [2.75, 3.05) is 0 Å². The summed E-state index contributed by atoms with van der Waals surface area (Å²) in [6.45, 7) is 1.86. The molecule has 1 atom stereocenters. The predicted octanol–water partition coefficient (Wildman–Crippen LogP) is 2.82. The molecule has 18 heavy (non-hydrogen) atoms. The van der Waals surface area contributed by atoms with Crippen molar-refractivity contribution in [1.82, 2.24) is 9.97 Å². The van der Waals surface area contributed by atoms with Crippen LogP contribution in [0.5, 0.6) is 0 Å². The molecule has 0 aliphatic rings. The summed E-state index contributed by atoms with van der Waals surface area (Å²) in [7, 11) is 0. The highest BCUT2D eigenvalue weighted by Crippen LogP contribution is 2.19. The molecule has 0 fully saturated rings. The van der Waals surface area contributed by atoms with E-state index in [1.165, 1.54) is 12.1 Å². The van der Waals surface area contributed by atoms with Gasteiger partial charge in [-0.15, -0.1) is 0 Å². The number of rotatable bonds is 3. The van der Waals surface area contributed by atoms with E-state index < -0.39 is 5.82 Å². The monoisotopic (exact) mass is 265 g/mol. The molecule has 0 aliphatic heterocycles. The average molecular weight is 266 g/mol. The van der Waals surface area contributed by atoms with E-state index in [1.807, 2.05) is 6.92 Å². The third kappa shape index (κ3) is 3.03. The van der Waals surface area contributed by atoms with E-state index in [9.17, 15) is 4.39 Å². The zero-order valence-corrected chi connectivity index (χ0v) is 10.7. The normalized spacial score (nSPS) is 12.4. The Labute approximate surface area is 110 Å². The first-order valence-corrected chi connectivity index (χ1v) is 5.92. The number of hydrogen-bond acceptors (Lipinski definition) is 3. The summed E-state index contributed by atoms with van der Waals surface area (Å²) >= 11 is 5.62. The lowest BCUT2D eigenvalue weighted by Crippen LogP contribution is -2.15. The third-order valence-corrected chi connectivity index (χ3v) is 2.93. The van der Waals surface area contributed by atoms with Gasteiger partial charge in [0.05, 0.1) is 28.6 Å². The van der Waals surface area contributed by atoms with Crippen molar-refractivity contribution < 1.29 is 4.39 Å². The van der Waals surface area contributed by atoms with Gasteiger partial charge in [-0.3, -0.25) is 9.97 Å². The standard InChI is InChI=1S/C13H13ClFN3/c1-8-6-18-13(7-17-8)12(16)5-9-2-3-10(14)11(15)4-9/h2-4,6-7,12H,5,16H2,1H3. The van der Waals surface area contributed by atoms with Gasteiger partial charge in [-0.05, 0) is 31.0 Å². The van der Waals surface area contributed by atoms with Gasteiger partial charge < -0.3 is 5.73 Å². The maximum Gasteiger partial charge on any atom is 0.142 e. The van der Waals surface area contributed by atoms with Gasteiger partial charge in [-0.2, -0.15) is 0 Å². The summed E-state index contributed by atoms with van der Waals surface area (Å²) in [5, 5.41) is 0.113. The molecule has 0 saturated heterocycles. The lowest BCUT2D eigenvalue weighted by Gasteiger charge is -2.11. The maximum absolute atomic E-state index is 13.3. The van der Waals surface area contributed by atoms with E-state index >= 15 is 0 Å². The van der Waals surface area contributed by atoms with E-state index in [0.29, 0.717) is 12.1 Å². The Morgan fingerprint density at radius 3 is 2.72 bits per heavy atom. The van der Waals surface area contributed by atoms with E-state index in [-0.39, 0.29) is 11.1 Å². The van der Waals surface area contributed by atoms with Gasteiger partial charge in [0.2, 0.25) is 0 Å². The first kappa shape index (κ1) is 12.9. The molecular formula is C13H13ClFN3. The summed E-state index contributed by atoms with van der Waals surface area (Å²) in [6.07, 6.45) is 3.80. The van der Waals surface area contributed by atoms with Crippen LogP contribution in [0.15, 0.2) is 30.6 Å². The predicted molar refractivity (Wildman–Crippen MR) is 68.8 cm³/mol. The molecule has 0 aliphatic carbocycles. The lowest BCUT2D eigenvalue weighted by molar-refractivity contribution is 0.621. The van der Waals surface area contributed by atoms with Crippen LogP contribution in [0.25, 0.3) is 0 Å². The molecule has 2 rings (SSSR count). The van der Waals surface area contributed by atoms with Gasteiger partial charge >= 0.3 is 0 Å². The largest absolute Gasteiger partial charge is 0.322 e. The number of hydrogen-bond donors (Lipinski definition) is 1. The Morgan fingerprint density at radius 2 is 2.11 bits per heavy atom. The van der Waals surface area contributed by atoms with E-state index in [0.717, 1.165) is 11.3 Å². The van der Waals surface area contributed by atoms with Crippen LogP contribution in [0.2, 0.25) is 5.02 Å². The minimum atomic E-state index is -0.434. The van der Waals surface area contributed by atoms with Crippen molar-refractivity contribution in [3.05, 3.63) is 58.4 Å². The number of benzene rings is 1. The zero-order valence-electron chi connectivity index (χ0n) is 9.90. The minimum Gasteiger partial charge on any atom is -0.322 e. The minimum absolute atomic E-state index is 0.113. The Bertz CT molecular complexity index is 542. The van der Waals surface area contributed by atoms with Crippen LogP contribution in [0, 0.1) is 12.7 Å². The molecule has 5 heteroatoms. The highest BCUT2D eigenvalue weighted by Gasteiger charge is 2.10. The second-order valence-electron chi connectivity index (χ2n) is 4.14. The third-order valence-electron chi connectivity index (χ3n) is 2.62. The highest BCUT2D eigenvalue weighted by molar-refractivity contribution is 6.30. The fourth-order valence-corrected chi connectivity index (χ4v) is 1.74. The molecule has 0 radical (unpaired) electrons. The Morgan fingerprint density at radius 1 is 1.33 bits per heavy atom. The molecule has 0 saturated carbocycles. The van der Waals surface area contributed by atoms with Gasteiger partial charge in [0.1, 0.15) is 5.82 Å². The number of aryl methyl sites for hydroxylation is 1. The van der Waals surface area contributed by atoms with Crippen LogP contribution in [-0.2, 0) is 6.42 Å². The summed E-state index contributed by atoms with van der Waals surface area (Å²) in [5.41, 5.74) is 8.32.